The minimum atomic E-state index is -0.490. The highest BCUT2D eigenvalue weighted by molar-refractivity contribution is 7.09. The summed E-state index contributed by atoms with van der Waals surface area (Å²) in [7, 11) is 1.69. The molecule has 0 aliphatic carbocycles. The molecule has 15 heavy (non-hydrogen) atoms. The first-order valence-electron chi connectivity index (χ1n) is 4.82. The first-order valence-corrected chi connectivity index (χ1v) is 5.70. The van der Waals surface area contributed by atoms with Crippen molar-refractivity contribution in [1.29, 1.82) is 0 Å². The number of likely N-dealkylation sites (N-methyl/N-ethyl adjacent to an activating group) is 1. The van der Waals surface area contributed by atoms with Crippen LogP contribution in [0.3, 0.4) is 0 Å². The SMILES string of the molecule is Cc1nc(CC(=O)N(C)CC(C)O)cs1. The molecule has 1 N–H and O–H groups in total. The molecule has 0 saturated heterocycles. The van der Waals surface area contributed by atoms with Gasteiger partial charge in [-0.15, -0.1) is 11.3 Å². The summed E-state index contributed by atoms with van der Waals surface area (Å²) in [5.74, 6) is -0.0128. The van der Waals surface area contributed by atoms with Crippen LogP contribution >= 0.6 is 11.3 Å². The fraction of sp³-hybridized carbons (Fsp3) is 0.600. The van der Waals surface area contributed by atoms with Crippen LogP contribution in [-0.2, 0) is 11.2 Å². The summed E-state index contributed by atoms with van der Waals surface area (Å²) in [6, 6.07) is 0. The number of aliphatic hydroxyl groups is 1. The van der Waals surface area contributed by atoms with Crippen LogP contribution in [0.1, 0.15) is 17.6 Å². The van der Waals surface area contributed by atoms with Crippen molar-refractivity contribution in [2.45, 2.75) is 26.4 Å². The molecule has 1 unspecified atom stereocenters. The number of hydrogen-bond donors (Lipinski definition) is 1. The smallest absolute Gasteiger partial charge is 0.228 e. The minimum absolute atomic E-state index is 0.0128. The van der Waals surface area contributed by atoms with E-state index in [4.69, 9.17) is 5.11 Å². The minimum Gasteiger partial charge on any atom is -0.392 e. The summed E-state index contributed by atoms with van der Waals surface area (Å²) in [5.41, 5.74) is 0.806. The normalized spacial score (nSPS) is 12.5. The molecule has 0 fully saturated rings. The Hall–Kier alpha value is -0.940. The zero-order valence-corrected chi connectivity index (χ0v) is 10.0. The van der Waals surface area contributed by atoms with Crippen LogP contribution in [0.15, 0.2) is 5.38 Å². The Morgan fingerprint density at radius 3 is 2.87 bits per heavy atom. The molecule has 0 radical (unpaired) electrons. The highest BCUT2D eigenvalue weighted by atomic mass is 32.1. The molecule has 1 rings (SSSR count). The van der Waals surface area contributed by atoms with Crippen molar-refractivity contribution in [3.8, 4) is 0 Å². The summed E-state index contributed by atoms with van der Waals surface area (Å²) in [4.78, 5) is 17.4. The molecule has 4 nitrogen and oxygen atoms in total. The number of aryl methyl sites for hydroxylation is 1. The van der Waals surface area contributed by atoms with Crippen molar-refractivity contribution in [3.05, 3.63) is 16.1 Å². The van der Waals surface area contributed by atoms with Crippen LogP contribution in [0.2, 0.25) is 0 Å². The quantitative estimate of drug-likeness (QED) is 0.830. The number of carbonyl (C=O) groups excluding carboxylic acids is 1. The number of amides is 1. The standard InChI is InChI=1S/C10H16N2O2S/c1-7(13)5-12(3)10(14)4-9-6-15-8(2)11-9/h6-7,13H,4-5H2,1-3H3. The predicted octanol–water partition coefficient (Wildman–Crippen LogP) is 0.833. The first-order chi connectivity index (χ1) is 6.99. The van der Waals surface area contributed by atoms with Gasteiger partial charge in [0.05, 0.1) is 23.2 Å². The number of rotatable bonds is 4. The summed E-state index contributed by atoms with van der Waals surface area (Å²) >= 11 is 1.54. The Morgan fingerprint density at radius 2 is 2.40 bits per heavy atom. The maximum absolute atomic E-state index is 11.6. The van der Waals surface area contributed by atoms with E-state index in [1.165, 1.54) is 4.90 Å². The third kappa shape index (κ3) is 3.97. The van der Waals surface area contributed by atoms with Crippen molar-refractivity contribution in [1.82, 2.24) is 9.88 Å². The molecule has 1 aromatic rings. The van der Waals surface area contributed by atoms with Crippen LogP contribution in [0.4, 0.5) is 0 Å². The molecule has 1 heterocycles. The lowest BCUT2D eigenvalue weighted by atomic mass is 10.3. The molecule has 0 spiro atoms. The Balaban J connectivity index is 2.48. The predicted molar refractivity (Wildman–Crippen MR) is 59.9 cm³/mol. The molecule has 5 heteroatoms. The van der Waals surface area contributed by atoms with Crippen LogP contribution < -0.4 is 0 Å². The maximum Gasteiger partial charge on any atom is 0.228 e. The van der Waals surface area contributed by atoms with Crippen LogP contribution in [0, 0.1) is 6.92 Å². The van der Waals surface area contributed by atoms with Gasteiger partial charge in [0, 0.05) is 19.0 Å². The van der Waals surface area contributed by atoms with Gasteiger partial charge in [0.2, 0.25) is 5.91 Å². The molecule has 84 valence electrons. The second-order valence-corrected chi connectivity index (χ2v) is 4.72. The van der Waals surface area contributed by atoms with E-state index in [0.29, 0.717) is 13.0 Å². The fourth-order valence-electron chi connectivity index (χ4n) is 1.28. The topological polar surface area (TPSA) is 53.4 Å². The van der Waals surface area contributed by atoms with Crippen molar-refractivity contribution in [3.63, 3.8) is 0 Å². The Kier molecular flexibility index (Phi) is 4.23. The molecular weight excluding hydrogens is 212 g/mol. The highest BCUT2D eigenvalue weighted by Crippen LogP contribution is 2.09. The van der Waals surface area contributed by atoms with Crippen LogP contribution in [0.25, 0.3) is 0 Å². The Bertz CT molecular complexity index is 336. The van der Waals surface area contributed by atoms with Gasteiger partial charge in [0.25, 0.3) is 0 Å². The number of hydrogen-bond acceptors (Lipinski definition) is 4. The number of thiazole rings is 1. The zero-order chi connectivity index (χ0) is 11.4. The average Bonchev–Trinajstić information content (AvgIpc) is 2.50. The van der Waals surface area contributed by atoms with Crippen LogP contribution in [-0.4, -0.2) is 40.6 Å². The van der Waals surface area contributed by atoms with Gasteiger partial charge in [-0.3, -0.25) is 4.79 Å². The lowest BCUT2D eigenvalue weighted by molar-refractivity contribution is -0.130. The molecule has 0 aliphatic heterocycles. The van der Waals surface area contributed by atoms with Gasteiger partial charge >= 0.3 is 0 Å². The van der Waals surface area contributed by atoms with Gasteiger partial charge in [0.1, 0.15) is 0 Å². The van der Waals surface area contributed by atoms with E-state index in [1.807, 2.05) is 12.3 Å². The largest absolute Gasteiger partial charge is 0.392 e. The van der Waals surface area contributed by atoms with Gasteiger partial charge in [-0.2, -0.15) is 0 Å². The summed E-state index contributed by atoms with van der Waals surface area (Å²) in [6.45, 7) is 3.94. The second-order valence-electron chi connectivity index (χ2n) is 3.66. The van der Waals surface area contributed by atoms with Crippen molar-refractivity contribution in [2.24, 2.45) is 0 Å². The third-order valence-electron chi connectivity index (χ3n) is 1.96. The van der Waals surface area contributed by atoms with Crippen molar-refractivity contribution in [2.75, 3.05) is 13.6 Å². The molecular formula is C10H16N2O2S. The van der Waals surface area contributed by atoms with E-state index < -0.39 is 6.10 Å². The zero-order valence-electron chi connectivity index (χ0n) is 9.23. The van der Waals surface area contributed by atoms with E-state index >= 15 is 0 Å². The van der Waals surface area contributed by atoms with E-state index in [-0.39, 0.29) is 5.91 Å². The molecule has 0 bridgehead atoms. The first kappa shape index (κ1) is 12.1. The van der Waals surface area contributed by atoms with Crippen molar-refractivity contribution >= 4 is 17.2 Å². The van der Waals surface area contributed by atoms with Crippen molar-refractivity contribution < 1.29 is 9.90 Å². The molecule has 0 aromatic carbocycles. The van der Waals surface area contributed by atoms with E-state index in [2.05, 4.69) is 4.98 Å². The van der Waals surface area contributed by atoms with Gasteiger partial charge in [-0.05, 0) is 13.8 Å². The fourth-order valence-corrected chi connectivity index (χ4v) is 1.89. The molecule has 1 aromatic heterocycles. The number of nitrogens with zero attached hydrogens (tertiary/aromatic N) is 2. The number of carbonyl (C=O) groups is 1. The molecule has 1 atom stereocenters. The van der Waals surface area contributed by atoms with Gasteiger partial charge < -0.3 is 10.0 Å². The van der Waals surface area contributed by atoms with E-state index in [9.17, 15) is 4.79 Å². The molecule has 0 saturated carbocycles. The maximum atomic E-state index is 11.6. The van der Waals surface area contributed by atoms with E-state index in [1.54, 1.807) is 25.3 Å². The second kappa shape index (κ2) is 5.23. The average molecular weight is 228 g/mol. The van der Waals surface area contributed by atoms with Gasteiger partial charge in [-0.1, -0.05) is 0 Å². The van der Waals surface area contributed by atoms with Gasteiger partial charge in [-0.25, -0.2) is 4.98 Å². The summed E-state index contributed by atoms with van der Waals surface area (Å²) < 4.78 is 0. The lowest BCUT2D eigenvalue weighted by Gasteiger charge is -2.18. The number of aliphatic hydroxyl groups excluding tert-OH is 1. The highest BCUT2D eigenvalue weighted by Gasteiger charge is 2.12. The monoisotopic (exact) mass is 228 g/mol. The summed E-state index contributed by atoms with van der Waals surface area (Å²) in [6.07, 6.45) is -0.177. The lowest BCUT2D eigenvalue weighted by Crippen LogP contribution is -2.34. The van der Waals surface area contributed by atoms with Gasteiger partial charge in [0.15, 0.2) is 0 Å². The number of aromatic nitrogens is 1. The van der Waals surface area contributed by atoms with E-state index in [0.717, 1.165) is 10.7 Å². The Labute approximate surface area is 93.6 Å². The Morgan fingerprint density at radius 1 is 1.73 bits per heavy atom. The molecule has 1 amide bonds. The molecule has 0 aliphatic rings. The summed E-state index contributed by atoms with van der Waals surface area (Å²) in [5, 5.41) is 12.0. The van der Waals surface area contributed by atoms with Crippen LogP contribution in [0.5, 0.6) is 0 Å². The third-order valence-corrected chi connectivity index (χ3v) is 2.79.